The Labute approximate surface area is 127 Å². The van der Waals surface area contributed by atoms with Gasteiger partial charge in [-0.3, -0.25) is 0 Å². The molecular formula is C16H24N2O2S. The number of hydrogen-bond donors (Lipinski definition) is 0. The molecule has 2 saturated heterocycles. The van der Waals surface area contributed by atoms with E-state index in [0.717, 1.165) is 12.8 Å². The van der Waals surface area contributed by atoms with Crippen LogP contribution in [0.15, 0.2) is 30.3 Å². The molecule has 1 atom stereocenters. The summed E-state index contributed by atoms with van der Waals surface area (Å²) in [6.45, 7) is 6.89. The summed E-state index contributed by atoms with van der Waals surface area (Å²) >= 11 is 0. The number of nitrogens with zero attached hydrogens (tertiary/aromatic N) is 2. The normalized spacial score (nSPS) is 27.2. The van der Waals surface area contributed by atoms with Gasteiger partial charge >= 0.3 is 0 Å². The van der Waals surface area contributed by atoms with Gasteiger partial charge in [-0.1, -0.05) is 44.2 Å². The second-order valence-electron chi connectivity index (χ2n) is 6.86. The van der Waals surface area contributed by atoms with Crippen LogP contribution in [0.4, 0.5) is 0 Å². The van der Waals surface area contributed by atoms with E-state index in [9.17, 15) is 8.42 Å². The summed E-state index contributed by atoms with van der Waals surface area (Å²) in [7, 11) is -3.28. The average molecular weight is 308 g/mol. The molecule has 5 heteroatoms. The summed E-state index contributed by atoms with van der Waals surface area (Å²) in [5.41, 5.74) is 1.20. The Bertz CT molecular complexity index is 592. The number of benzene rings is 1. The first kappa shape index (κ1) is 15.0. The average Bonchev–Trinajstić information content (AvgIpc) is 3.07. The standard InChI is InChI=1S/C16H24N2O2S/c1-16(2)13-18(21(19,20)17-10-6-7-11-17)12-15(16)14-8-4-3-5-9-14/h3-5,8-9,15H,6-7,10-13H2,1-2H3/t15-/m0/s1. The molecule has 116 valence electrons. The minimum absolute atomic E-state index is 0.0336. The van der Waals surface area contributed by atoms with Gasteiger partial charge in [-0.25, -0.2) is 0 Å². The van der Waals surface area contributed by atoms with Crippen molar-refractivity contribution in [1.29, 1.82) is 0 Å². The Hall–Kier alpha value is -0.910. The van der Waals surface area contributed by atoms with Gasteiger partial charge in [0.2, 0.25) is 0 Å². The quantitative estimate of drug-likeness (QED) is 0.860. The summed E-state index contributed by atoms with van der Waals surface area (Å²) in [4.78, 5) is 0. The molecule has 3 rings (SSSR count). The molecule has 0 N–H and O–H groups in total. The molecule has 21 heavy (non-hydrogen) atoms. The van der Waals surface area contributed by atoms with Crippen LogP contribution in [0.3, 0.4) is 0 Å². The van der Waals surface area contributed by atoms with Gasteiger partial charge in [-0.15, -0.1) is 0 Å². The van der Waals surface area contributed by atoms with Crippen molar-refractivity contribution in [2.24, 2.45) is 5.41 Å². The predicted molar refractivity (Wildman–Crippen MR) is 84.3 cm³/mol. The lowest BCUT2D eigenvalue weighted by Gasteiger charge is -2.26. The molecule has 0 aliphatic carbocycles. The van der Waals surface area contributed by atoms with Crippen LogP contribution in [-0.4, -0.2) is 43.2 Å². The van der Waals surface area contributed by atoms with E-state index in [0.29, 0.717) is 26.2 Å². The number of rotatable bonds is 3. The van der Waals surface area contributed by atoms with Crippen LogP contribution >= 0.6 is 0 Å². The molecule has 0 spiro atoms. The Balaban J connectivity index is 1.85. The Kier molecular flexibility index (Phi) is 3.84. The first-order chi connectivity index (χ1) is 9.91. The van der Waals surface area contributed by atoms with Crippen molar-refractivity contribution in [2.75, 3.05) is 26.2 Å². The van der Waals surface area contributed by atoms with Crippen LogP contribution < -0.4 is 0 Å². The van der Waals surface area contributed by atoms with Crippen LogP contribution in [0.5, 0.6) is 0 Å². The van der Waals surface area contributed by atoms with Crippen LogP contribution in [0.2, 0.25) is 0 Å². The zero-order valence-corrected chi connectivity index (χ0v) is 13.6. The van der Waals surface area contributed by atoms with Gasteiger partial charge in [-0.05, 0) is 23.8 Å². The molecule has 0 aromatic heterocycles. The first-order valence-corrected chi connectivity index (χ1v) is 9.11. The van der Waals surface area contributed by atoms with Crippen molar-refractivity contribution in [3.8, 4) is 0 Å². The molecule has 0 bridgehead atoms. The molecular weight excluding hydrogens is 284 g/mol. The van der Waals surface area contributed by atoms with Gasteiger partial charge in [0.15, 0.2) is 0 Å². The smallest absolute Gasteiger partial charge is 0.195 e. The van der Waals surface area contributed by atoms with E-state index in [-0.39, 0.29) is 11.3 Å². The van der Waals surface area contributed by atoms with E-state index < -0.39 is 10.2 Å². The lowest BCUT2D eigenvalue weighted by molar-refractivity contribution is 0.336. The highest BCUT2D eigenvalue weighted by Crippen LogP contribution is 2.43. The maximum atomic E-state index is 12.8. The molecule has 1 aromatic carbocycles. The van der Waals surface area contributed by atoms with Crippen molar-refractivity contribution in [1.82, 2.24) is 8.61 Å². The Morgan fingerprint density at radius 1 is 1.05 bits per heavy atom. The summed E-state index contributed by atoms with van der Waals surface area (Å²) in [5.74, 6) is 0.260. The minimum Gasteiger partial charge on any atom is -0.195 e. The van der Waals surface area contributed by atoms with E-state index >= 15 is 0 Å². The monoisotopic (exact) mass is 308 g/mol. The zero-order chi connectivity index (χ0) is 15.1. The molecule has 1 aromatic rings. The van der Waals surface area contributed by atoms with Gasteiger partial charge in [0.25, 0.3) is 10.2 Å². The van der Waals surface area contributed by atoms with Crippen LogP contribution in [-0.2, 0) is 10.2 Å². The minimum atomic E-state index is -3.28. The van der Waals surface area contributed by atoms with Gasteiger partial charge in [0.05, 0.1) is 0 Å². The fraction of sp³-hybridized carbons (Fsp3) is 0.625. The van der Waals surface area contributed by atoms with Gasteiger partial charge < -0.3 is 0 Å². The topological polar surface area (TPSA) is 40.6 Å². The molecule has 0 saturated carbocycles. The lowest BCUT2D eigenvalue weighted by atomic mass is 9.78. The lowest BCUT2D eigenvalue weighted by Crippen LogP contribution is -2.41. The third-order valence-electron chi connectivity index (χ3n) is 4.83. The van der Waals surface area contributed by atoms with Crippen LogP contribution in [0, 0.1) is 5.41 Å². The summed E-state index contributed by atoms with van der Waals surface area (Å²) in [6.07, 6.45) is 1.97. The fourth-order valence-corrected chi connectivity index (χ4v) is 5.46. The second kappa shape index (κ2) is 5.38. The van der Waals surface area contributed by atoms with E-state index in [2.05, 4.69) is 26.0 Å². The molecule has 2 aliphatic rings. The summed E-state index contributed by atoms with van der Waals surface area (Å²) in [6, 6.07) is 10.3. The van der Waals surface area contributed by atoms with Gasteiger partial charge in [-0.2, -0.15) is 17.0 Å². The fourth-order valence-electron chi connectivity index (χ4n) is 3.58. The Morgan fingerprint density at radius 3 is 2.29 bits per heavy atom. The SMILES string of the molecule is CC1(C)CN(S(=O)(=O)N2CCCC2)C[C@H]1c1ccccc1. The summed E-state index contributed by atoms with van der Waals surface area (Å²) < 4.78 is 28.8. The molecule has 0 amide bonds. The van der Waals surface area contributed by atoms with E-state index in [1.165, 1.54) is 5.56 Å². The second-order valence-corrected chi connectivity index (χ2v) is 8.79. The van der Waals surface area contributed by atoms with E-state index in [1.54, 1.807) is 8.61 Å². The number of hydrogen-bond acceptors (Lipinski definition) is 2. The molecule has 2 fully saturated rings. The van der Waals surface area contributed by atoms with Crippen LogP contribution in [0.1, 0.15) is 38.2 Å². The van der Waals surface area contributed by atoms with Crippen molar-refractivity contribution in [2.45, 2.75) is 32.6 Å². The Morgan fingerprint density at radius 2 is 1.67 bits per heavy atom. The van der Waals surface area contributed by atoms with Crippen LogP contribution in [0.25, 0.3) is 0 Å². The molecule has 4 nitrogen and oxygen atoms in total. The first-order valence-electron chi connectivity index (χ1n) is 7.71. The van der Waals surface area contributed by atoms with Gasteiger partial charge in [0.1, 0.15) is 0 Å². The maximum Gasteiger partial charge on any atom is 0.282 e. The van der Waals surface area contributed by atoms with Crippen molar-refractivity contribution >= 4 is 10.2 Å². The van der Waals surface area contributed by atoms with E-state index in [1.807, 2.05) is 18.2 Å². The zero-order valence-electron chi connectivity index (χ0n) is 12.8. The van der Waals surface area contributed by atoms with E-state index in [4.69, 9.17) is 0 Å². The maximum absolute atomic E-state index is 12.8. The highest BCUT2D eigenvalue weighted by atomic mass is 32.2. The third-order valence-corrected chi connectivity index (χ3v) is 6.78. The van der Waals surface area contributed by atoms with Crippen molar-refractivity contribution < 1.29 is 8.42 Å². The third kappa shape index (κ3) is 2.74. The largest absolute Gasteiger partial charge is 0.282 e. The molecule has 2 heterocycles. The highest BCUT2D eigenvalue weighted by Gasteiger charge is 2.46. The molecule has 2 aliphatic heterocycles. The van der Waals surface area contributed by atoms with Gasteiger partial charge in [0, 0.05) is 32.1 Å². The predicted octanol–water partition coefficient (Wildman–Crippen LogP) is 2.45. The summed E-state index contributed by atoms with van der Waals surface area (Å²) in [5, 5.41) is 0. The molecule has 0 unspecified atom stereocenters. The highest BCUT2D eigenvalue weighted by molar-refractivity contribution is 7.86. The van der Waals surface area contributed by atoms with Crippen molar-refractivity contribution in [3.05, 3.63) is 35.9 Å². The molecule has 0 radical (unpaired) electrons. The van der Waals surface area contributed by atoms with Crippen molar-refractivity contribution in [3.63, 3.8) is 0 Å².